The lowest BCUT2D eigenvalue weighted by Crippen LogP contribution is -2.22. The summed E-state index contributed by atoms with van der Waals surface area (Å²) >= 11 is 0. The number of amides is 1. The fraction of sp³-hybridized carbons (Fsp3) is 0.115. The molecule has 0 saturated heterocycles. The SMILES string of the molecule is O=C(COC(=O)c1c2c(nc3ccccc13)C(=Cc1ccco1)CC2)Nc1ccc(F)c(F)c1F. The number of benzene rings is 2. The fourth-order valence-electron chi connectivity index (χ4n) is 4.07. The lowest BCUT2D eigenvalue weighted by molar-refractivity contribution is -0.119. The number of esters is 1. The molecule has 2 heterocycles. The van der Waals surface area contributed by atoms with Crippen molar-refractivity contribution in [3.05, 3.63) is 94.8 Å². The van der Waals surface area contributed by atoms with E-state index in [9.17, 15) is 22.8 Å². The highest BCUT2D eigenvalue weighted by molar-refractivity contribution is 6.08. The number of rotatable bonds is 5. The molecule has 0 fully saturated rings. The highest BCUT2D eigenvalue weighted by Gasteiger charge is 2.28. The molecule has 4 aromatic rings. The second-order valence-electron chi connectivity index (χ2n) is 7.86. The molecule has 0 bridgehead atoms. The minimum Gasteiger partial charge on any atom is -0.465 e. The number of ether oxygens (including phenoxy) is 1. The average molecular weight is 478 g/mol. The first-order valence-corrected chi connectivity index (χ1v) is 10.7. The number of halogens is 3. The van der Waals surface area contributed by atoms with Crippen LogP contribution in [0.2, 0.25) is 0 Å². The predicted octanol–water partition coefficient (Wildman–Crippen LogP) is 5.53. The van der Waals surface area contributed by atoms with Gasteiger partial charge in [-0.1, -0.05) is 18.2 Å². The third-order valence-corrected chi connectivity index (χ3v) is 5.65. The molecule has 1 amide bonds. The lowest BCUT2D eigenvalue weighted by atomic mass is 10.0. The van der Waals surface area contributed by atoms with Crippen LogP contribution in [0.25, 0.3) is 22.6 Å². The Labute approximate surface area is 197 Å². The van der Waals surface area contributed by atoms with E-state index < -0.39 is 41.6 Å². The predicted molar refractivity (Wildman–Crippen MR) is 122 cm³/mol. The highest BCUT2D eigenvalue weighted by Crippen LogP contribution is 2.37. The topological polar surface area (TPSA) is 81.4 Å². The molecule has 1 N–H and O–H groups in total. The second kappa shape index (κ2) is 9.09. The maximum absolute atomic E-state index is 13.8. The Morgan fingerprint density at radius 2 is 1.86 bits per heavy atom. The Morgan fingerprint density at radius 1 is 1.03 bits per heavy atom. The van der Waals surface area contributed by atoms with Gasteiger partial charge in [0, 0.05) is 5.39 Å². The van der Waals surface area contributed by atoms with E-state index in [-0.39, 0.29) is 0 Å². The van der Waals surface area contributed by atoms with Crippen LogP contribution in [0, 0.1) is 17.5 Å². The highest BCUT2D eigenvalue weighted by atomic mass is 19.2. The van der Waals surface area contributed by atoms with Crippen molar-refractivity contribution in [2.75, 3.05) is 11.9 Å². The molecule has 0 saturated carbocycles. The van der Waals surface area contributed by atoms with E-state index in [0.29, 0.717) is 52.4 Å². The molecule has 35 heavy (non-hydrogen) atoms. The summed E-state index contributed by atoms with van der Waals surface area (Å²) in [6.45, 7) is -0.752. The van der Waals surface area contributed by atoms with Crippen LogP contribution in [-0.4, -0.2) is 23.5 Å². The van der Waals surface area contributed by atoms with Crippen molar-refractivity contribution in [2.24, 2.45) is 0 Å². The summed E-state index contributed by atoms with van der Waals surface area (Å²) in [6, 6.07) is 12.2. The van der Waals surface area contributed by atoms with Crippen molar-refractivity contribution in [2.45, 2.75) is 12.8 Å². The van der Waals surface area contributed by atoms with Gasteiger partial charge in [0.1, 0.15) is 5.76 Å². The normalized spacial score (nSPS) is 13.7. The number of fused-ring (bicyclic) bond motifs is 2. The summed E-state index contributed by atoms with van der Waals surface area (Å²) in [6.07, 6.45) is 4.61. The first-order valence-electron chi connectivity index (χ1n) is 10.7. The Bertz CT molecular complexity index is 1500. The minimum absolute atomic E-state index is 0.292. The van der Waals surface area contributed by atoms with Gasteiger partial charge < -0.3 is 14.5 Å². The number of pyridine rings is 1. The molecule has 1 aliphatic carbocycles. The third-order valence-electron chi connectivity index (χ3n) is 5.65. The first kappa shape index (κ1) is 22.4. The zero-order chi connectivity index (χ0) is 24.5. The van der Waals surface area contributed by atoms with Gasteiger partial charge in [0.25, 0.3) is 5.91 Å². The van der Waals surface area contributed by atoms with Crippen LogP contribution in [0.3, 0.4) is 0 Å². The quantitative estimate of drug-likeness (QED) is 0.301. The summed E-state index contributed by atoms with van der Waals surface area (Å²) in [4.78, 5) is 30.1. The van der Waals surface area contributed by atoms with Gasteiger partial charge in [0.2, 0.25) is 0 Å². The summed E-state index contributed by atoms with van der Waals surface area (Å²) < 4.78 is 50.9. The number of furan rings is 1. The van der Waals surface area contributed by atoms with E-state index in [1.807, 2.05) is 12.1 Å². The van der Waals surface area contributed by atoms with Crippen LogP contribution in [0.5, 0.6) is 0 Å². The molecule has 1 aliphatic rings. The van der Waals surface area contributed by atoms with Crippen LogP contribution in [0.15, 0.2) is 59.2 Å². The molecule has 0 spiro atoms. The molecule has 6 nitrogen and oxygen atoms in total. The number of aromatic nitrogens is 1. The largest absolute Gasteiger partial charge is 0.465 e. The molecular formula is C26H17F3N2O4. The number of carbonyl (C=O) groups is 2. The van der Waals surface area contributed by atoms with Gasteiger partial charge >= 0.3 is 5.97 Å². The van der Waals surface area contributed by atoms with Gasteiger partial charge in [0.15, 0.2) is 24.1 Å². The molecule has 0 unspecified atom stereocenters. The monoisotopic (exact) mass is 478 g/mol. The van der Waals surface area contributed by atoms with E-state index >= 15 is 0 Å². The molecule has 2 aromatic heterocycles. The van der Waals surface area contributed by atoms with E-state index in [1.54, 1.807) is 36.6 Å². The van der Waals surface area contributed by atoms with Crippen molar-refractivity contribution in [3.63, 3.8) is 0 Å². The number of nitrogens with one attached hydrogen (secondary N) is 1. The van der Waals surface area contributed by atoms with Crippen LogP contribution in [0.1, 0.15) is 33.8 Å². The van der Waals surface area contributed by atoms with Gasteiger partial charge in [-0.2, -0.15) is 0 Å². The van der Waals surface area contributed by atoms with Gasteiger partial charge in [-0.15, -0.1) is 0 Å². The minimum atomic E-state index is -1.71. The molecule has 9 heteroatoms. The first-order chi connectivity index (χ1) is 16.9. The van der Waals surface area contributed by atoms with Crippen LogP contribution < -0.4 is 5.32 Å². The number of carbonyl (C=O) groups excluding carboxylic acids is 2. The summed E-state index contributed by atoms with van der Waals surface area (Å²) in [5.74, 6) is -5.63. The van der Waals surface area contributed by atoms with Crippen LogP contribution >= 0.6 is 0 Å². The lowest BCUT2D eigenvalue weighted by Gasteiger charge is -2.13. The number of para-hydroxylation sites is 1. The Morgan fingerprint density at radius 3 is 2.66 bits per heavy atom. The Hall–Kier alpha value is -4.40. The van der Waals surface area contributed by atoms with Crippen LogP contribution in [-0.2, 0) is 16.0 Å². The molecule has 5 rings (SSSR count). The molecule has 0 radical (unpaired) electrons. The summed E-state index contributed by atoms with van der Waals surface area (Å²) in [7, 11) is 0. The van der Waals surface area contributed by atoms with E-state index in [4.69, 9.17) is 14.1 Å². The van der Waals surface area contributed by atoms with Crippen molar-refractivity contribution in [3.8, 4) is 0 Å². The fourth-order valence-corrected chi connectivity index (χ4v) is 4.07. The van der Waals surface area contributed by atoms with E-state index in [2.05, 4.69) is 5.32 Å². The molecule has 0 atom stereocenters. The maximum atomic E-state index is 13.8. The van der Waals surface area contributed by atoms with Crippen LogP contribution in [0.4, 0.5) is 18.9 Å². The van der Waals surface area contributed by atoms with Crippen molar-refractivity contribution < 1.29 is 31.9 Å². The maximum Gasteiger partial charge on any atom is 0.339 e. The summed E-state index contributed by atoms with van der Waals surface area (Å²) in [5, 5.41) is 2.65. The smallest absolute Gasteiger partial charge is 0.339 e. The zero-order valence-corrected chi connectivity index (χ0v) is 18.1. The van der Waals surface area contributed by atoms with Gasteiger partial charge in [-0.3, -0.25) is 4.79 Å². The average Bonchev–Trinajstić information content (AvgIpc) is 3.52. The number of hydrogen-bond donors (Lipinski definition) is 1. The van der Waals surface area contributed by atoms with Gasteiger partial charge in [0.05, 0.1) is 28.7 Å². The number of anilines is 1. The standard InChI is InChI=1S/C26H17F3N2O4/c27-18-9-10-20(24(29)23(18)28)30-21(32)13-35-26(33)22-16-5-1-2-6-19(16)31-25-14(7-8-17(22)25)12-15-4-3-11-34-15/h1-6,9-12H,7-8,13H2,(H,30,32). The zero-order valence-electron chi connectivity index (χ0n) is 18.1. The molecule has 176 valence electrons. The Kier molecular flexibility index (Phi) is 5.82. The van der Waals surface area contributed by atoms with E-state index in [0.717, 1.165) is 11.6 Å². The molecule has 0 aliphatic heterocycles. The van der Waals surface area contributed by atoms with Crippen molar-refractivity contribution >= 4 is 40.1 Å². The second-order valence-corrected chi connectivity index (χ2v) is 7.86. The number of allylic oxidation sites excluding steroid dienone is 1. The summed E-state index contributed by atoms with van der Waals surface area (Å²) in [5.41, 5.74) is 2.56. The van der Waals surface area contributed by atoms with Crippen molar-refractivity contribution in [1.29, 1.82) is 0 Å². The number of hydrogen-bond acceptors (Lipinski definition) is 5. The van der Waals surface area contributed by atoms with E-state index in [1.165, 1.54) is 0 Å². The van der Waals surface area contributed by atoms with Gasteiger partial charge in [-0.05, 0) is 60.4 Å². The molecule has 2 aromatic carbocycles. The third kappa shape index (κ3) is 4.28. The Balaban J connectivity index is 1.41. The van der Waals surface area contributed by atoms with Gasteiger partial charge in [-0.25, -0.2) is 22.9 Å². The van der Waals surface area contributed by atoms with Crippen molar-refractivity contribution in [1.82, 2.24) is 4.98 Å². The number of nitrogens with zero attached hydrogens (tertiary/aromatic N) is 1. The molecular weight excluding hydrogens is 461 g/mol.